The summed E-state index contributed by atoms with van der Waals surface area (Å²) in [5.74, 6) is 0.843. The van der Waals surface area contributed by atoms with Crippen LogP contribution >= 0.6 is 11.6 Å². The Hall–Kier alpha value is -1.35. The summed E-state index contributed by atoms with van der Waals surface area (Å²) >= 11 is 6.28. The van der Waals surface area contributed by atoms with Crippen molar-refractivity contribution in [3.8, 4) is 11.4 Å². The molecule has 0 aliphatic heterocycles. The van der Waals surface area contributed by atoms with Gasteiger partial charge in [0.05, 0.1) is 5.02 Å². The Bertz CT molecular complexity index is 491. The van der Waals surface area contributed by atoms with E-state index < -0.39 is 0 Å². The van der Waals surface area contributed by atoms with E-state index in [1.54, 1.807) is 6.33 Å². The first kappa shape index (κ1) is 11.1. The number of hydrogen-bond acceptors (Lipinski definition) is 2. The maximum Gasteiger partial charge on any atom is 0.165 e. The number of aryl methyl sites for hydroxylation is 2. The zero-order chi connectivity index (χ0) is 11.5. The van der Waals surface area contributed by atoms with Gasteiger partial charge in [0, 0.05) is 12.1 Å². The maximum absolute atomic E-state index is 6.28. The normalized spacial score (nSPS) is 10.7. The molecule has 0 radical (unpaired) electrons. The van der Waals surface area contributed by atoms with Gasteiger partial charge in [0.1, 0.15) is 6.33 Å². The van der Waals surface area contributed by atoms with Crippen LogP contribution < -0.4 is 0 Å². The van der Waals surface area contributed by atoms with Gasteiger partial charge in [0.2, 0.25) is 0 Å². The minimum absolute atomic E-state index is 0.757. The molecule has 3 nitrogen and oxygen atoms in total. The van der Waals surface area contributed by atoms with Crippen molar-refractivity contribution in [1.29, 1.82) is 0 Å². The van der Waals surface area contributed by atoms with Crippen LogP contribution in [-0.4, -0.2) is 14.8 Å². The number of hydrogen-bond donors (Lipinski definition) is 0. The third-order valence-electron chi connectivity index (χ3n) is 2.51. The molecule has 0 amide bonds. The van der Waals surface area contributed by atoms with Gasteiger partial charge in [-0.15, -0.1) is 10.2 Å². The predicted molar refractivity (Wildman–Crippen MR) is 65.5 cm³/mol. The fourth-order valence-electron chi connectivity index (χ4n) is 1.69. The van der Waals surface area contributed by atoms with Gasteiger partial charge in [0.15, 0.2) is 5.82 Å². The van der Waals surface area contributed by atoms with Gasteiger partial charge in [-0.3, -0.25) is 0 Å². The molecule has 0 spiro atoms. The molecule has 0 bridgehead atoms. The van der Waals surface area contributed by atoms with E-state index in [0.29, 0.717) is 0 Å². The van der Waals surface area contributed by atoms with E-state index in [9.17, 15) is 0 Å². The van der Waals surface area contributed by atoms with Crippen LogP contribution in [0.1, 0.15) is 18.9 Å². The van der Waals surface area contributed by atoms with Crippen molar-refractivity contribution in [2.24, 2.45) is 0 Å². The second-order valence-electron chi connectivity index (χ2n) is 3.78. The summed E-state index contributed by atoms with van der Waals surface area (Å²) in [7, 11) is 0. The van der Waals surface area contributed by atoms with Crippen LogP contribution in [0.4, 0.5) is 0 Å². The number of benzene rings is 1. The van der Waals surface area contributed by atoms with Crippen LogP contribution in [0.3, 0.4) is 0 Å². The highest BCUT2D eigenvalue weighted by molar-refractivity contribution is 6.33. The topological polar surface area (TPSA) is 30.7 Å². The molecule has 0 atom stereocenters. The van der Waals surface area contributed by atoms with Crippen LogP contribution in [0, 0.1) is 6.92 Å². The molecule has 1 heterocycles. The van der Waals surface area contributed by atoms with Gasteiger partial charge < -0.3 is 4.57 Å². The van der Waals surface area contributed by atoms with Crippen LogP contribution in [0.2, 0.25) is 5.02 Å². The molecule has 0 aliphatic rings. The Morgan fingerprint density at radius 2 is 2.19 bits per heavy atom. The lowest BCUT2D eigenvalue weighted by molar-refractivity contribution is 0.683. The van der Waals surface area contributed by atoms with Crippen molar-refractivity contribution in [2.75, 3.05) is 0 Å². The third-order valence-corrected chi connectivity index (χ3v) is 3.01. The predicted octanol–water partition coefficient (Wildman–Crippen LogP) is 3.32. The summed E-state index contributed by atoms with van der Waals surface area (Å²) in [5.41, 5.74) is 2.01. The molecule has 0 fully saturated rings. The highest BCUT2D eigenvalue weighted by Crippen LogP contribution is 2.28. The van der Waals surface area contributed by atoms with Crippen molar-refractivity contribution >= 4 is 11.6 Å². The second kappa shape index (κ2) is 4.66. The Morgan fingerprint density at radius 3 is 2.94 bits per heavy atom. The van der Waals surface area contributed by atoms with Crippen LogP contribution in [-0.2, 0) is 6.54 Å². The van der Waals surface area contributed by atoms with E-state index in [0.717, 1.165) is 34.9 Å². The van der Waals surface area contributed by atoms with Gasteiger partial charge >= 0.3 is 0 Å². The van der Waals surface area contributed by atoms with Gasteiger partial charge in [-0.1, -0.05) is 30.7 Å². The van der Waals surface area contributed by atoms with Gasteiger partial charge in [-0.05, 0) is 25.0 Å². The number of nitrogens with zero attached hydrogens (tertiary/aromatic N) is 3. The first-order chi connectivity index (χ1) is 7.74. The zero-order valence-corrected chi connectivity index (χ0v) is 10.2. The Balaban J connectivity index is 2.50. The first-order valence-corrected chi connectivity index (χ1v) is 5.75. The summed E-state index contributed by atoms with van der Waals surface area (Å²) in [6.45, 7) is 5.03. The van der Waals surface area contributed by atoms with E-state index in [1.165, 1.54) is 0 Å². The Kier molecular flexibility index (Phi) is 3.25. The molecule has 1 aromatic carbocycles. The quantitative estimate of drug-likeness (QED) is 0.817. The third kappa shape index (κ3) is 1.95. The number of aromatic nitrogens is 3. The fourth-order valence-corrected chi connectivity index (χ4v) is 1.90. The van der Waals surface area contributed by atoms with Crippen molar-refractivity contribution < 1.29 is 0 Å². The molecule has 0 aliphatic carbocycles. The highest BCUT2D eigenvalue weighted by atomic mass is 35.5. The molecular formula is C12H14ClN3. The largest absolute Gasteiger partial charge is 0.314 e. The van der Waals surface area contributed by atoms with Crippen molar-refractivity contribution in [3.63, 3.8) is 0 Å². The van der Waals surface area contributed by atoms with Crippen LogP contribution in [0.5, 0.6) is 0 Å². The average Bonchev–Trinajstić information content (AvgIpc) is 2.71. The first-order valence-electron chi connectivity index (χ1n) is 5.37. The van der Waals surface area contributed by atoms with Crippen LogP contribution in [0.15, 0.2) is 24.5 Å². The minimum atomic E-state index is 0.757. The standard InChI is InChI=1S/C12H14ClN3/c1-3-7-16-8-14-15-12(16)10-6-4-5-9(2)11(10)13/h4-6,8H,3,7H2,1-2H3. The SMILES string of the molecule is CCCn1cnnc1-c1cccc(C)c1Cl. The van der Waals surface area contributed by atoms with E-state index in [-0.39, 0.29) is 0 Å². The van der Waals surface area contributed by atoms with Gasteiger partial charge in [-0.25, -0.2) is 0 Å². The second-order valence-corrected chi connectivity index (χ2v) is 4.16. The molecule has 0 N–H and O–H groups in total. The molecule has 2 rings (SSSR count). The van der Waals surface area contributed by atoms with Gasteiger partial charge in [0.25, 0.3) is 0 Å². The fraction of sp³-hybridized carbons (Fsp3) is 0.333. The summed E-state index contributed by atoms with van der Waals surface area (Å²) in [6, 6.07) is 5.96. The average molecular weight is 236 g/mol. The molecule has 0 unspecified atom stereocenters. The molecule has 1 aromatic heterocycles. The van der Waals surface area contributed by atoms with Crippen molar-refractivity contribution in [2.45, 2.75) is 26.8 Å². The maximum atomic E-state index is 6.28. The Labute approximate surface area is 100 Å². The lowest BCUT2D eigenvalue weighted by Crippen LogP contribution is -1.99. The number of halogens is 1. The minimum Gasteiger partial charge on any atom is -0.314 e. The lowest BCUT2D eigenvalue weighted by atomic mass is 10.1. The summed E-state index contributed by atoms with van der Waals surface area (Å²) in [6.07, 6.45) is 2.80. The monoisotopic (exact) mass is 235 g/mol. The molecule has 84 valence electrons. The van der Waals surface area contributed by atoms with E-state index in [4.69, 9.17) is 11.6 Å². The highest BCUT2D eigenvalue weighted by Gasteiger charge is 2.11. The molecule has 16 heavy (non-hydrogen) atoms. The molecule has 0 saturated heterocycles. The van der Waals surface area contributed by atoms with E-state index in [2.05, 4.69) is 17.1 Å². The Morgan fingerprint density at radius 1 is 1.38 bits per heavy atom. The van der Waals surface area contributed by atoms with E-state index in [1.807, 2.05) is 29.7 Å². The zero-order valence-electron chi connectivity index (χ0n) is 9.44. The van der Waals surface area contributed by atoms with Crippen LogP contribution in [0.25, 0.3) is 11.4 Å². The molecule has 0 saturated carbocycles. The lowest BCUT2D eigenvalue weighted by Gasteiger charge is -2.07. The molecule has 4 heteroatoms. The summed E-state index contributed by atoms with van der Waals surface area (Å²) in [5, 5.41) is 8.84. The summed E-state index contributed by atoms with van der Waals surface area (Å²) < 4.78 is 2.03. The van der Waals surface area contributed by atoms with Crippen molar-refractivity contribution in [1.82, 2.24) is 14.8 Å². The van der Waals surface area contributed by atoms with E-state index >= 15 is 0 Å². The summed E-state index contributed by atoms with van der Waals surface area (Å²) in [4.78, 5) is 0. The van der Waals surface area contributed by atoms with Gasteiger partial charge in [-0.2, -0.15) is 0 Å². The number of rotatable bonds is 3. The molecular weight excluding hydrogens is 222 g/mol. The van der Waals surface area contributed by atoms with Crippen molar-refractivity contribution in [3.05, 3.63) is 35.1 Å². The smallest absolute Gasteiger partial charge is 0.165 e. The molecule has 2 aromatic rings.